The first-order valence-electron chi connectivity index (χ1n) is 3.48. The highest BCUT2D eigenvalue weighted by molar-refractivity contribution is 5.19. The average molecular weight is 137 g/mol. The van der Waals surface area contributed by atoms with Crippen LogP contribution in [0.4, 0.5) is 4.39 Å². The van der Waals surface area contributed by atoms with Gasteiger partial charge in [0.1, 0.15) is 0 Å². The molecule has 1 nitrogen and oxygen atoms in total. The third kappa shape index (κ3) is 1.01. The molecule has 0 saturated heterocycles. The van der Waals surface area contributed by atoms with E-state index in [1.807, 2.05) is 6.07 Å². The minimum atomic E-state index is -0.385. The summed E-state index contributed by atoms with van der Waals surface area (Å²) in [5.41, 5.74) is 1.18. The van der Waals surface area contributed by atoms with Gasteiger partial charge in [0.25, 0.3) is 0 Å². The van der Waals surface area contributed by atoms with Crippen LogP contribution in [0.3, 0.4) is 0 Å². The standard InChI is InChI=1S/C8H8FN/c9-8-4-3-7(5-10-8)6-1-2-6/h3-6H,1-2H2. The summed E-state index contributed by atoms with van der Waals surface area (Å²) in [6.07, 6.45) is 4.12. The van der Waals surface area contributed by atoms with Gasteiger partial charge in [-0.2, -0.15) is 4.39 Å². The number of halogens is 1. The van der Waals surface area contributed by atoms with E-state index in [0.717, 1.165) is 0 Å². The lowest BCUT2D eigenvalue weighted by atomic mass is 10.2. The number of rotatable bonds is 1. The van der Waals surface area contributed by atoms with Gasteiger partial charge in [0, 0.05) is 6.20 Å². The van der Waals surface area contributed by atoms with Crippen LogP contribution >= 0.6 is 0 Å². The Balaban J connectivity index is 2.28. The van der Waals surface area contributed by atoms with Crippen LogP contribution in [-0.2, 0) is 0 Å². The van der Waals surface area contributed by atoms with Crippen LogP contribution in [0.25, 0.3) is 0 Å². The SMILES string of the molecule is Fc1ccc(C2CC2)cn1. The van der Waals surface area contributed by atoms with Gasteiger partial charge in [-0.3, -0.25) is 0 Å². The molecule has 0 amide bonds. The van der Waals surface area contributed by atoms with Crippen molar-refractivity contribution in [1.82, 2.24) is 4.98 Å². The topological polar surface area (TPSA) is 12.9 Å². The molecule has 0 aromatic carbocycles. The van der Waals surface area contributed by atoms with Gasteiger partial charge in [-0.1, -0.05) is 6.07 Å². The van der Waals surface area contributed by atoms with Crippen molar-refractivity contribution in [2.75, 3.05) is 0 Å². The zero-order valence-corrected chi connectivity index (χ0v) is 5.55. The minimum absolute atomic E-state index is 0.385. The van der Waals surface area contributed by atoms with Crippen LogP contribution in [0, 0.1) is 5.95 Å². The molecule has 1 aliphatic carbocycles. The molecule has 1 aromatic heterocycles. The molecule has 1 heterocycles. The number of hydrogen-bond acceptors (Lipinski definition) is 1. The quantitative estimate of drug-likeness (QED) is 0.540. The third-order valence-corrected chi connectivity index (χ3v) is 1.80. The monoisotopic (exact) mass is 137 g/mol. The first-order valence-corrected chi connectivity index (χ1v) is 3.48. The molecule has 1 aliphatic rings. The molecule has 0 atom stereocenters. The molecule has 0 spiro atoms. The molecule has 2 rings (SSSR count). The molecular formula is C8H8FN. The third-order valence-electron chi connectivity index (χ3n) is 1.80. The predicted octanol–water partition coefficient (Wildman–Crippen LogP) is 2.10. The van der Waals surface area contributed by atoms with Gasteiger partial charge < -0.3 is 0 Å². The number of pyridine rings is 1. The van der Waals surface area contributed by atoms with Crippen LogP contribution in [0.15, 0.2) is 18.3 Å². The average Bonchev–Trinajstić information content (AvgIpc) is 2.71. The van der Waals surface area contributed by atoms with Crippen molar-refractivity contribution >= 4 is 0 Å². The van der Waals surface area contributed by atoms with E-state index in [1.54, 1.807) is 6.20 Å². The summed E-state index contributed by atoms with van der Waals surface area (Å²) in [6, 6.07) is 3.24. The number of nitrogens with zero attached hydrogens (tertiary/aromatic N) is 1. The summed E-state index contributed by atoms with van der Waals surface area (Å²) in [6.45, 7) is 0. The molecule has 10 heavy (non-hydrogen) atoms. The highest BCUT2D eigenvalue weighted by Crippen LogP contribution is 2.39. The fourth-order valence-corrected chi connectivity index (χ4v) is 1.05. The van der Waals surface area contributed by atoms with Gasteiger partial charge in [-0.05, 0) is 30.4 Å². The highest BCUT2D eigenvalue weighted by Gasteiger charge is 2.23. The molecule has 1 fully saturated rings. The van der Waals surface area contributed by atoms with Crippen molar-refractivity contribution in [1.29, 1.82) is 0 Å². The van der Waals surface area contributed by atoms with Crippen LogP contribution in [0.2, 0.25) is 0 Å². The molecule has 0 aliphatic heterocycles. The summed E-state index contributed by atoms with van der Waals surface area (Å²) in [5.74, 6) is 0.289. The Kier molecular flexibility index (Phi) is 1.19. The van der Waals surface area contributed by atoms with Gasteiger partial charge in [-0.15, -0.1) is 0 Å². The Hall–Kier alpha value is -0.920. The van der Waals surface area contributed by atoms with Crippen LogP contribution < -0.4 is 0 Å². The minimum Gasteiger partial charge on any atom is -0.228 e. The second-order valence-electron chi connectivity index (χ2n) is 2.69. The normalized spacial score (nSPS) is 17.3. The van der Waals surface area contributed by atoms with Gasteiger partial charge in [0.15, 0.2) is 0 Å². The number of hydrogen-bond donors (Lipinski definition) is 0. The lowest BCUT2D eigenvalue weighted by Crippen LogP contribution is -1.84. The van der Waals surface area contributed by atoms with Crippen molar-refractivity contribution in [2.24, 2.45) is 0 Å². The molecule has 0 radical (unpaired) electrons. The molecule has 0 bridgehead atoms. The zero-order valence-electron chi connectivity index (χ0n) is 5.55. The maximum absolute atomic E-state index is 12.3. The second kappa shape index (κ2) is 2.04. The van der Waals surface area contributed by atoms with Crippen molar-refractivity contribution in [3.8, 4) is 0 Å². The predicted molar refractivity (Wildman–Crippen MR) is 36.2 cm³/mol. The second-order valence-corrected chi connectivity index (χ2v) is 2.69. The fourth-order valence-electron chi connectivity index (χ4n) is 1.05. The van der Waals surface area contributed by atoms with Crippen molar-refractivity contribution < 1.29 is 4.39 Å². The summed E-state index contributed by atoms with van der Waals surface area (Å²) >= 11 is 0. The van der Waals surface area contributed by atoms with E-state index in [4.69, 9.17) is 0 Å². The largest absolute Gasteiger partial charge is 0.228 e. The van der Waals surface area contributed by atoms with Gasteiger partial charge in [0.05, 0.1) is 0 Å². The lowest BCUT2D eigenvalue weighted by Gasteiger charge is -1.93. The van der Waals surface area contributed by atoms with Gasteiger partial charge in [0.2, 0.25) is 5.95 Å². The molecule has 0 N–H and O–H groups in total. The zero-order chi connectivity index (χ0) is 6.97. The Labute approximate surface area is 58.9 Å². The lowest BCUT2D eigenvalue weighted by molar-refractivity contribution is 0.582. The Morgan fingerprint density at radius 3 is 2.70 bits per heavy atom. The van der Waals surface area contributed by atoms with Crippen molar-refractivity contribution in [2.45, 2.75) is 18.8 Å². The smallest absolute Gasteiger partial charge is 0.212 e. The summed E-state index contributed by atoms with van der Waals surface area (Å²) in [5, 5.41) is 0. The van der Waals surface area contributed by atoms with Crippen LogP contribution in [0.5, 0.6) is 0 Å². The van der Waals surface area contributed by atoms with E-state index < -0.39 is 0 Å². The number of aromatic nitrogens is 1. The van der Waals surface area contributed by atoms with Crippen LogP contribution in [-0.4, -0.2) is 4.98 Å². The maximum Gasteiger partial charge on any atom is 0.212 e. The van der Waals surface area contributed by atoms with Crippen LogP contribution in [0.1, 0.15) is 24.3 Å². The summed E-state index contributed by atoms with van der Waals surface area (Å²) in [4.78, 5) is 3.57. The van der Waals surface area contributed by atoms with Crippen molar-refractivity contribution in [3.63, 3.8) is 0 Å². The van der Waals surface area contributed by atoms with E-state index in [0.29, 0.717) is 5.92 Å². The van der Waals surface area contributed by atoms with Gasteiger partial charge >= 0.3 is 0 Å². The molecule has 2 heteroatoms. The highest BCUT2D eigenvalue weighted by atomic mass is 19.1. The molecular weight excluding hydrogens is 129 g/mol. The van der Waals surface area contributed by atoms with E-state index in [2.05, 4.69) is 4.98 Å². The van der Waals surface area contributed by atoms with E-state index >= 15 is 0 Å². The molecule has 1 aromatic rings. The maximum atomic E-state index is 12.3. The Morgan fingerprint density at radius 1 is 1.40 bits per heavy atom. The van der Waals surface area contributed by atoms with E-state index in [1.165, 1.54) is 24.5 Å². The van der Waals surface area contributed by atoms with E-state index in [9.17, 15) is 4.39 Å². The Bertz CT molecular complexity index is 226. The first-order chi connectivity index (χ1) is 4.86. The summed E-state index contributed by atoms with van der Waals surface area (Å²) < 4.78 is 12.3. The molecule has 1 saturated carbocycles. The van der Waals surface area contributed by atoms with Gasteiger partial charge in [-0.25, -0.2) is 4.98 Å². The van der Waals surface area contributed by atoms with E-state index in [-0.39, 0.29) is 5.95 Å². The Morgan fingerprint density at radius 2 is 2.20 bits per heavy atom. The van der Waals surface area contributed by atoms with Crippen molar-refractivity contribution in [3.05, 3.63) is 29.8 Å². The molecule has 52 valence electrons. The first kappa shape index (κ1) is 5.83. The summed E-state index contributed by atoms with van der Waals surface area (Å²) in [7, 11) is 0. The molecule has 0 unspecified atom stereocenters. The fraction of sp³-hybridized carbons (Fsp3) is 0.375.